The highest BCUT2D eigenvalue weighted by Gasteiger charge is 2.37. The van der Waals surface area contributed by atoms with Gasteiger partial charge in [0.25, 0.3) is 0 Å². The van der Waals surface area contributed by atoms with Crippen LogP contribution in [0.4, 0.5) is 11.4 Å². The topological polar surface area (TPSA) is 143 Å². The van der Waals surface area contributed by atoms with Gasteiger partial charge in [0.15, 0.2) is 5.84 Å². The lowest BCUT2D eigenvalue weighted by molar-refractivity contribution is -0.613. The average molecular weight is 555 g/mol. The number of aryl methyl sites for hydroxylation is 1. The number of hydrogen-bond donors (Lipinski definition) is 3. The highest BCUT2D eigenvalue weighted by molar-refractivity contribution is 7.92. The molecule has 1 aliphatic heterocycles. The molecule has 36 heavy (non-hydrogen) atoms. The second-order valence-electron chi connectivity index (χ2n) is 9.63. The Morgan fingerprint density at radius 2 is 2.06 bits per heavy atom. The van der Waals surface area contributed by atoms with Crippen molar-refractivity contribution in [3.8, 4) is 5.75 Å². The molecule has 0 aliphatic carbocycles. The molecule has 0 amide bonds. The van der Waals surface area contributed by atoms with Crippen molar-refractivity contribution in [3.63, 3.8) is 0 Å². The normalized spacial score (nSPS) is 18.0. The molecule has 1 aliphatic rings. The van der Waals surface area contributed by atoms with Gasteiger partial charge < -0.3 is 14.9 Å². The maximum Gasteiger partial charge on any atom is 0.348 e. The summed E-state index contributed by atoms with van der Waals surface area (Å²) >= 11 is 1.26. The predicted molar refractivity (Wildman–Crippen MR) is 141 cm³/mol. The lowest BCUT2D eigenvalue weighted by atomic mass is 9.92. The molecule has 3 heterocycles. The van der Waals surface area contributed by atoms with Crippen LogP contribution in [0.2, 0.25) is 0 Å². The Morgan fingerprint density at radius 3 is 2.69 bits per heavy atom. The number of aromatic nitrogens is 2. The number of rotatable bonds is 7. The standard InChI is InChI=1S/C22H28N5O6PS2/c1-6-33-34(30)16-13-14(25-36(5,31)32)7-8-15(16)23-19(24-34)17-18(28)21-27(11-12-35-21)26(20(17)29)10-9-22(2,3)4/h7-8,11-13H,6,9-10H2,1-5H3,(H2,24,28,29,30)/p+1. The van der Waals surface area contributed by atoms with Crippen LogP contribution in [0.1, 0.15) is 39.7 Å². The fourth-order valence-corrected chi connectivity index (χ4v) is 6.95. The van der Waals surface area contributed by atoms with Crippen molar-refractivity contribution in [1.29, 1.82) is 0 Å². The molecule has 0 radical (unpaired) electrons. The van der Waals surface area contributed by atoms with Gasteiger partial charge in [-0.05, 0) is 37.0 Å². The van der Waals surface area contributed by atoms with Crippen LogP contribution in [0.3, 0.4) is 0 Å². The van der Waals surface area contributed by atoms with Gasteiger partial charge in [0.2, 0.25) is 22.0 Å². The van der Waals surface area contributed by atoms with Crippen molar-refractivity contribution in [2.24, 2.45) is 10.2 Å². The van der Waals surface area contributed by atoms with E-state index in [1.807, 2.05) is 0 Å². The minimum absolute atomic E-state index is 0.0394. The Kier molecular flexibility index (Phi) is 6.80. The van der Waals surface area contributed by atoms with Gasteiger partial charge >= 0.3 is 17.9 Å². The number of sulfonamides is 1. The fraction of sp³-hybridized carbons (Fsp3) is 0.409. The summed E-state index contributed by atoms with van der Waals surface area (Å²) in [6, 6.07) is 4.41. The number of nitrogens with one attached hydrogen (secondary N) is 2. The largest absolute Gasteiger partial charge is 0.501 e. The van der Waals surface area contributed by atoms with Gasteiger partial charge in [-0.25, -0.2) is 8.42 Å². The van der Waals surface area contributed by atoms with Crippen LogP contribution in [-0.4, -0.2) is 36.9 Å². The van der Waals surface area contributed by atoms with E-state index in [0.717, 1.165) is 6.26 Å². The number of amidine groups is 1. The third-order valence-electron chi connectivity index (χ3n) is 5.44. The first-order valence-corrected chi connectivity index (χ1v) is 15.6. The Balaban J connectivity index is 1.89. The van der Waals surface area contributed by atoms with Gasteiger partial charge in [0.05, 0.1) is 35.8 Å². The number of aromatic hydroxyl groups is 1. The van der Waals surface area contributed by atoms with E-state index in [4.69, 9.17) is 4.52 Å². The van der Waals surface area contributed by atoms with Gasteiger partial charge in [0.1, 0.15) is 5.56 Å². The van der Waals surface area contributed by atoms with Crippen LogP contribution in [0.5, 0.6) is 5.75 Å². The molecule has 0 spiro atoms. The quantitative estimate of drug-likeness (QED) is 0.301. The zero-order chi connectivity index (χ0) is 26.5. The van der Waals surface area contributed by atoms with Crippen LogP contribution in [0.15, 0.2) is 39.3 Å². The third-order valence-corrected chi connectivity index (χ3v) is 8.96. The van der Waals surface area contributed by atoms with E-state index >= 15 is 0 Å². The molecule has 1 aromatic carbocycles. The van der Waals surface area contributed by atoms with Crippen molar-refractivity contribution in [1.82, 2.24) is 4.68 Å². The number of thiazole rings is 1. The molecule has 14 heteroatoms. The summed E-state index contributed by atoms with van der Waals surface area (Å²) in [7, 11) is -7.50. The Hall–Kier alpha value is -2.73. The molecular formula is C22H29N5O6PS2+. The SMILES string of the molecule is CCOP1(=O)N=C(c2c(O)c3scc[n+]3n(CCC(C)(C)C)c2=O)Nc2ccc(NS(C)(=O)=O)cc21. The number of anilines is 2. The van der Waals surface area contributed by atoms with Gasteiger partial charge in [0, 0.05) is 5.69 Å². The smallest absolute Gasteiger partial charge is 0.348 e. The molecule has 11 nitrogen and oxygen atoms in total. The van der Waals surface area contributed by atoms with Crippen LogP contribution in [-0.2, 0) is 25.7 Å². The van der Waals surface area contributed by atoms with Crippen molar-refractivity contribution in [2.45, 2.75) is 40.7 Å². The maximum atomic E-state index is 13.9. The first-order valence-electron chi connectivity index (χ1n) is 11.2. The van der Waals surface area contributed by atoms with Crippen LogP contribution in [0, 0.1) is 5.41 Å². The number of hydrogen-bond acceptors (Lipinski definition) is 8. The van der Waals surface area contributed by atoms with E-state index in [1.165, 1.54) is 34.2 Å². The molecule has 0 bridgehead atoms. The molecule has 3 N–H and O–H groups in total. The van der Waals surface area contributed by atoms with Crippen molar-refractivity contribution >= 4 is 56.2 Å². The second kappa shape index (κ2) is 9.29. The molecule has 0 fully saturated rings. The molecule has 1 unspecified atom stereocenters. The summed E-state index contributed by atoms with van der Waals surface area (Å²) in [6.45, 7) is 8.32. The van der Waals surface area contributed by atoms with E-state index in [2.05, 4.69) is 35.6 Å². The average Bonchev–Trinajstić information content (AvgIpc) is 3.22. The van der Waals surface area contributed by atoms with Crippen LogP contribution >= 0.6 is 18.9 Å². The summed E-state index contributed by atoms with van der Waals surface area (Å²) in [5, 5.41) is 16.0. The molecule has 0 saturated heterocycles. The molecular weight excluding hydrogens is 525 g/mol. The van der Waals surface area contributed by atoms with Crippen molar-refractivity contribution in [2.75, 3.05) is 22.9 Å². The predicted octanol–water partition coefficient (Wildman–Crippen LogP) is 2.89. The van der Waals surface area contributed by atoms with Crippen LogP contribution in [0.25, 0.3) is 4.83 Å². The summed E-state index contributed by atoms with van der Waals surface area (Å²) < 4.78 is 52.6. The number of benzene rings is 1. The van der Waals surface area contributed by atoms with Gasteiger partial charge in [-0.3, -0.25) is 14.1 Å². The molecule has 1 atom stereocenters. The second-order valence-corrected chi connectivity index (χ2v) is 14.3. The zero-order valence-electron chi connectivity index (χ0n) is 20.6. The van der Waals surface area contributed by atoms with Crippen molar-refractivity contribution < 1.29 is 27.1 Å². The monoisotopic (exact) mass is 554 g/mol. The van der Waals surface area contributed by atoms with E-state index in [1.54, 1.807) is 23.0 Å². The molecule has 3 aromatic rings. The van der Waals surface area contributed by atoms with Crippen LogP contribution < -0.4 is 25.4 Å². The lowest BCUT2D eigenvalue weighted by Gasteiger charge is -2.25. The number of nitrogens with zero attached hydrogens (tertiary/aromatic N) is 3. The summed E-state index contributed by atoms with van der Waals surface area (Å²) in [5.41, 5.74) is -0.131. The fourth-order valence-electron chi connectivity index (χ4n) is 3.80. The minimum Gasteiger partial charge on any atom is -0.501 e. The van der Waals surface area contributed by atoms with E-state index in [-0.39, 0.29) is 40.2 Å². The summed E-state index contributed by atoms with van der Waals surface area (Å²) in [6.07, 6.45) is 3.42. The molecule has 194 valence electrons. The Labute approximate surface area is 213 Å². The summed E-state index contributed by atoms with van der Waals surface area (Å²) in [4.78, 5) is 14.1. The van der Waals surface area contributed by atoms with E-state index < -0.39 is 23.1 Å². The maximum absolute atomic E-state index is 13.9. The first-order chi connectivity index (χ1) is 16.7. The molecule has 2 aromatic heterocycles. The summed E-state index contributed by atoms with van der Waals surface area (Å²) in [5.74, 6) is -0.360. The Bertz CT molecular complexity index is 1590. The van der Waals surface area contributed by atoms with E-state index in [0.29, 0.717) is 23.5 Å². The van der Waals surface area contributed by atoms with Gasteiger partial charge in [-0.15, -0.1) is 4.68 Å². The third kappa shape index (κ3) is 5.19. The first kappa shape index (κ1) is 26.3. The zero-order valence-corrected chi connectivity index (χ0v) is 23.1. The lowest BCUT2D eigenvalue weighted by Crippen LogP contribution is -2.46. The van der Waals surface area contributed by atoms with E-state index in [9.17, 15) is 22.9 Å². The Morgan fingerprint density at radius 1 is 1.33 bits per heavy atom. The van der Waals surface area contributed by atoms with Crippen molar-refractivity contribution in [3.05, 3.63) is 45.7 Å². The molecule has 4 rings (SSSR count). The van der Waals surface area contributed by atoms with Gasteiger partial charge in [-0.2, -0.15) is 4.76 Å². The number of fused-ring (bicyclic) bond motifs is 2. The molecule has 0 saturated carbocycles. The highest BCUT2D eigenvalue weighted by Crippen LogP contribution is 2.52. The minimum atomic E-state index is -3.93. The highest BCUT2D eigenvalue weighted by atomic mass is 32.2. The van der Waals surface area contributed by atoms with Gasteiger partial charge in [-0.1, -0.05) is 36.6 Å².